The zero-order valence-electron chi connectivity index (χ0n) is 12.2. The Morgan fingerprint density at radius 2 is 1.89 bits per heavy atom. The fourth-order valence-electron chi connectivity index (χ4n) is 1.96. The molecule has 0 saturated heterocycles. The number of hydrogen-bond acceptors (Lipinski definition) is 2. The molecule has 0 aromatic heterocycles. The van der Waals surface area contributed by atoms with E-state index in [0.29, 0.717) is 17.5 Å². The van der Waals surface area contributed by atoms with Crippen LogP contribution >= 0.6 is 24.0 Å². The molecule has 0 heterocycles. The van der Waals surface area contributed by atoms with Gasteiger partial charge in [0, 0.05) is 6.04 Å². The van der Waals surface area contributed by atoms with E-state index in [1.807, 2.05) is 13.0 Å². The van der Waals surface area contributed by atoms with E-state index in [1.165, 1.54) is 11.1 Å². The highest BCUT2D eigenvalue weighted by molar-refractivity contribution is 6.32. The largest absolute Gasteiger partial charge is 0.492 e. The normalized spacial score (nSPS) is 12.2. The molecule has 1 aromatic rings. The van der Waals surface area contributed by atoms with E-state index in [2.05, 4.69) is 26.8 Å². The van der Waals surface area contributed by atoms with Gasteiger partial charge in [-0.05, 0) is 42.9 Å². The lowest BCUT2D eigenvalue weighted by Gasteiger charge is -2.18. The van der Waals surface area contributed by atoms with Gasteiger partial charge in [0.05, 0.1) is 11.6 Å². The van der Waals surface area contributed by atoms with Crippen molar-refractivity contribution in [2.75, 3.05) is 6.61 Å². The molecule has 1 rings (SSSR count). The van der Waals surface area contributed by atoms with Crippen LogP contribution in [0.15, 0.2) is 12.1 Å². The number of hydrogen-bond donors (Lipinski definition) is 1. The molecule has 0 saturated carbocycles. The second-order valence-corrected chi connectivity index (χ2v) is 5.36. The van der Waals surface area contributed by atoms with Gasteiger partial charge in [0.15, 0.2) is 0 Å². The molecule has 0 fully saturated rings. The Morgan fingerprint density at radius 3 is 2.37 bits per heavy atom. The number of benzene rings is 1. The summed E-state index contributed by atoms with van der Waals surface area (Å²) in [4.78, 5) is 0. The van der Waals surface area contributed by atoms with Crippen molar-refractivity contribution < 1.29 is 4.74 Å². The molecule has 0 bridgehead atoms. The van der Waals surface area contributed by atoms with Gasteiger partial charge in [0.2, 0.25) is 0 Å². The SMILES string of the molecule is CCOc1c(Cl)cc(CC(N)CC)cc1C(C)C.Cl. The van der Waals surface area contributed by atoms with Gasteiger partial charge in [-0.1, -0.05) is 38.4 Å². The van der Waals surface area contributed by atoms with Gasteiger partial charge in [-0.15, -0.1) is 12.4 Å². The summed E-state index contributed by atoms with van der Waals surface area (Å²) in [5.74, 6) is 1.21. The third-order valence-electron chi connectivity index (χ3n) is 3.07. The third-order valence-corrected chi connectivity index (χ3v) is 3.35. The molecule has 2 N–H and O–H groups in total. The third kappa shape index (κ3) is 5.21. The van der Waals surface area contributed by atoms with Crippen molar-refractivity contribution in [3.63, 3.8) is 0 Å². The van der Waals surface area contributed by atoms with Crippen molar-refractivity contribution in [1.29, 1.82) is 0 Å². The van der Waals surface area contributed by atoms with E-state index in [-0.39, 0.29) is 18.4 Å². The maximum absolute atomic E-state index is 6.32. The van der Waals surface area contributed by atoms with Crippen LogP contribution in [-0.4, -0.2) is 12.6 Å². The minimum absolute atomic E-state index is 0. The van der Waals surface area contributed by atoms with E-state index in [1.54, 1.807) is 0 Å². The highest BCUT2D eigenvalue weighted by Crippen LogP contribution is 2.35. The summed E-state index contributed by atoms with van der Waals surface area (Å²) in [7, 11) is 0. The van der Waals surface area contributed by atoms with Crippen LogP contribution in [-0.2, 0) is 6.42 Å². The van der Waals surface area contributed by atoms with Gasteiger partial charge < -0.3 is 10.5 Å². The van der Waals surface area contributed by atoms with Crippen molar-refractivity contribution in [3.8, 4) is 5.75 Å². The Balaban J connectivity index is 0.00000324. The molecule has 1 unspecified atom stereocenters. The van der Waals surface area contributed by atoms with Crippen LogP contribution in [0.1, 0.15) is 51.2 Å². The van der Waals surface area contributed by atoms with Crippen LogP contribution in [0.25, 0.3) is 0 Å². The van der Waals surface area contributed by atoms with Crippen molar-refractivity contribution in [2.24, 2.45) is 5.73 Å². The van der Waals surface area contributed by atoms with Gasteiger partial charge in [-0.2, -0.15) is 0 Å². The average Bonchev–Trinajstić information content (AvgIpc) is 2.31. The summed E-state index contributed by atoms with van der Waals surface area (Å²) in [5, 5.41) is 0.696. The first-order valence-electron chi connectivity index (χ1n) is 6.70. The minimum Gasteiger partial charge on any atom is -0.492 e. The molecule has 1 aromatic carbocycles. The first-order chi connectivity index (χ1) is 8.49. The van der Waals surface area contributed by atoms with E-state index in [4.69, 9.17) is 22.1 Å². The molecule has 19 heavy (non-hydrogen) atoms. The van der Waals surface area contributed by atoms with Gasteiger partial charge in [-0.25, -0.2) is 0 Å². The summed E-state index contributed by atoms with van der Waals surface area (Å²) in [6.45, 7) is 9.01. The van der Waals surface area contributed by atoms with E-state index >= 15 is 0 Å². The zero-order chi connectivity index (χ0) is 13.7. The standard InChI is InChI=1S/C15H24ClNO.ClH/c1-5-12(17)7-11-8-13(10(3)4)15(18-6-2)14(16)9-11;/h8-10,12H,5-7,17H2,1-4H3;1H. The molecule has 0 aliphatic rings. The highest BCUT2D eigenvalue weighted by atomic mass is 35.5. The zero-order valence-corrected chi connectivity index (χ0v) is 13.8. The first kappa shape index (κ1) is 18.6. The molecule has 4 heteroatoms. The predicted octanol–water partition coefficient (Wildman–Crippen LogP) is 4.56. The fraction of sp³-hybridized carbons (Fsp3) is 0.600. The monoisotopic (exact) mass is 305 g/mol. The van der Waals surface area contributed by atoms with Crippen LogP contribution in [0, 0.1) is 0 Å². The van der Waals surface area contributed by atoms with Crippen molar-refractivity contribution in [2.45, 2.75) is 52.5 Å². The van der Waals surface area contributed by atoms with Crippen LogP contribution in [0.2, 0.25) is 5.02 Å². The lowest BCUT2D eigenvalue weighted by molar-refractivity contribution is 0.335. The second-order valence-electron chi connectivity index (χ2n) is 4.96. The van der Waals surface area contributed by atoms with E-state index < -0.39 is 0 Å². The summed E-state index contributed by atoms with van der Waals surface area (Å²) in [6, 6.07) is 4.35. The molecule has 0 spiro atoms. The average molecular weight is 306 g/mol. The van der Waals surface area contributed by atoms with Gasteiger partial charge in [-0.3, -0.25) is 0 Å². The maximum Gasteiger partial charge on any atom is 0.141 e. The topological polar surface area (TPSA) is 35.2 Å². The predicted molar refractivity (Wildman–Crippen MR) is 85.9 cm³/mol. The van der Waals surface area contributed by atoms with Crippen molar-refractivity contribution in [3.05, 3.63) is 28.3 Å². The molecule has 1 atom stereocenters. The lowest BCUT2D eigenvalue weighted by atomic mass is 9.96. The molecule has 0 radical (unpaired) electrons. The molecule has 0 amide bonds. The summed E-state index contributed by atoms with van der Waals surface area (Å²) >= 11 is 6.32. The number of nitrogens with two attached hydrogens (primary N) is 1. The number of rotatable bonds is 6. The van der Waals surface area contributed by atoms with Gasteiger partial charge in [0.25, 0.3) is 0 Å². The molecule has 0 aliphatic heterocycles. The Kier molecular flexibility index (Phi) is 8.47. The summed E-state index contributed by atoms with van der Waals surface area (Å²) < 4.78 is 5.65. The van der Waals surface area contributed by atoms with Crippen LogP contribution in [0.4, 0.5) is 0 Å². The van der Waals surface area contributed by atoms with Crippen molar-refractivity contribution in [1.82, 2.24) is 0 Å². The summed E-state index contributed by atoms with van der Waals surface area (Å²) in [5.41, 5.74) is 8.37. The Morgan fingerprint density at radius 1 is 1.26 bits per heavy atom. The molecular weight excluding hydrogens is 281 g/mol. The fourth-order valence-corrected chi connectivity index (χ4v) is 2.27. The van der Waals surface area contributed by atoms with Crippen molar-refractivity contribution >= 4 is 24.0 Å². The lowest BCUT2D eigenvalue weighted by Crippen LogP contribution is -2.21. The van der Waals surface area contributed by atoms with Gasteiger partial charge >= 0.3 is 0 Å². The maximum atomic E-state index is 6.32. The summed E-state index contributed by atoms with van der Waals surface area (Å²) in [6.07, 6.45) is 1.84. The van der Waals surface area contributed by atoms with Crippen LogP contribution in [0.5, 0.6) is 5.75 Å². The Hall–Kier alpha value is -0.440. The highest BCUT2D eigenvalue weighted by Gasteiger charge is 2.14. The molecule has 0 aliphatic carbocycles. The number of halogens is 2. The van der Waals surface area contributed by atoms with Crippen LogP contribution in [0.3, 0.4) is 0 Å². The molecular formula is C15H25Cl2NO. The van der Waals surface area contributed by atoms with Crippen LogP contribution < -0.4 is 10.5 Å². The molecule has 110 valence electrons. The minimum atomic E-state index is 0. The second kappa shape index (κ2) is 8.68. The van der Waals surface area contributed by atoms with E-state index in [0.717, 1.165) is 18.6 Å². The first-order valence-corrected chi connectivity index (χ1v) is 7.08. The smallest absolute Gasteiger partial charge is 0.141 e. The Labute approximate surface area is 128 Å². The Bertz CT molecular complexity index is 394. The van der Waals surface area contributed by atoms with E-state index in [9.17, 15) is 0 Å². The quantitative estimate of drug-likeness (QED) is 0.836. The van der Waals surface area contributed by atoms with Gasteiger partial charge in [0.1, 0.15) is 5.75 Å². The number of ether oxygens (including phenoxy) is 1. The molecule has 2 nitrogen and oxygen atoms in total.